The van der Waals surface area contributed by atoms with Crippen molar-refractivity contribution in [3.8, 4) is 0 Å². The van der Waals surface area contributed by atoms with Gasteiger partial charge in [0.2, 0.25) is 0 Å². The molecule has 0 radical (unpaired) electrons. The average Bonchev–Trinajstić information content (AvgIpc) is 2.93. The van der Waals surface area contributed by atoms with Crippen molar-refractivity contribution in [3.63, 3.8) is 0 Å². The lowest BCUT2D eigenvalue weighted by atomic mass is 9.40. The lowest BCUT2D eigenvalue weighted by Crippen LogP contribution is -2.61. The lowest BCUT2D eigenvalue weighted by Gasteiger charge is -2.63. The smallest absolute Gasteiger partial charge is 0.137 e. The minimum absolute atomic E-state index is 0.126. The maximum absolute atomic E-state index is 13.4. The van der Waals surface area contributed by atoms with Crippen LogP contribution in [0.15, 0.2) is 0 Å². The van der Waals surface area contributed by atoms with Crippen molar-refractivity contribution in [3.05, 3.63) is 0 Å². The van der Waals surface area contributed by atoms with Crippen LogP contribution >= 0.6 is 0 Å². The van der Waals surface area contributed by atoms with E-state index in [1.165, 1.54) is 6.42 Å². The predicted octanol–water partition coefficient (Wildman–Crippen LogP) is 4.41. The first-order chi connectivity index (χ1) is 12.2. The number of hydrogen-bond donors (Lipinski definition) is 1. The summed E-state index contributed by atoms with van der Waals surface area (Å²) in [5.41, 5.74) is 0.194. The zero-order valence-corrected chi connectivity index (χ0v) is 17.0. The van der Waals surface area contributed by atoms with E-state index >= 15 is 0 Å². The molecular weight excluding hydrogens is 324 g/mol. The molecule has 4 aliphatic carbocycles. The zero-order chi connectivity index (χ0) is 18.9. The molecule has 4 rings (SSSR count). The molecule has 0 aliphatic heterocycles. The first kappa shape index (κ1) is 18.7. The number of Topliss-reactive ketones (excluding diaryl/α,β-unsaturated/α-hetero) is 2. The Morgan fingerprint density at radius 3 is 2.46 bits per heavy atom. The van der Waals surface area contributed by atoms with Crippen LogP contribution in [0.5, 0.6) is 0 Å². The van der Waals surface area contributed by atoms with Crippen molar-refractivity contribution in [2.24, 2.45) is 45.8 Å². The number of rotatable bonds is 2. The summed E-state index contributed by atoms with van der Waals surface area (Å²) >= 11 is 0. The van der Waals surface area contributed by atoms with E-state index in [-0.39, 0.29) is 28.8 Å². The van der Waals surface area contributed by atoms with E-state index in [1.807, 2.05) is 0 Å². The van der Waals surface area contributed by atoms with Crippen molar-refractivity contribution >= 4 is 11.6 Å². The molecule has 0 bridgehead atoms. The molecule has 1 N–H and O–H groups in total. The largest absolute Gasteiger partial charge is 0.396 e. The Hall–Kier alpha value is -0.700. The molecule has 4 saturated carbocycles. The summed E-state index contributed by atoms with van der Waals surface area (Å²) in [6.07, 6.45) is 7.48. The van der Waals surface area contributed by atoms with Crippen molar-refractivity contribution < 1.29 is 14.7 Å². The topological polar surface area (TPSA) is 54.4 Å². The minimum atomic E-state index is -0.134. The van der Waals surface area contributed by atoms with E-state index in [0.717, 1.165) is 25.7 Å². The Morgan fingerprint density at radius 2 is 1.77 bits per heavy atom. The van der Waals surface area contributed by atoms with Crippen LogP contribution in [0.4, 0.5) is 0 Å². The maximum Gasteiger partial charge on any atom is 0.137 e. The van der Waals surface area contributed by atoms with E-state index in [0.29, 0.717) is 54.5 Å². The zero-order valence-electron chi connectivity index (χ0n) is 17.0. The van der Waals surface area contributed by atoms with Crippen LogP contribution in [-0.4, -0.2) is 23.3 Å². The van der Waals surface area contributed by atoms with Gasteiger partial charge in [-0.2, -0.15) is 0 Å². The van der Waals surface area contributed by atoms with Gasteiger partial charge >= 0.3 is 0 Å². The Balaban J connectivity index is 1.69. The number of hydrogen-bond acceptors (Lipinski definition) is 3. The third kappa shape index (κ3) is 2.28. The van der Waals surface area contributed by atoms with Crippen LogP contribution in [0, 0.1) is 45.8 Å². The Bertz CT molecular complexity index is 627. The van der Waals surface area contributed by atoms with Crippen molar-refractivity contribution in [2.75, 3.05) is 6.61 Å². The van der Waals surface area contributed by atoms with Gasteiger partial charge in [-0.3, -0.25) is 9.59 Å². The van der Waals surface area contributed by atoms with Crippen molar-refractivity contribution in [1.29, 1.82) is 0 Å². The lowest BCUT2D eigenvalue weighted by molar-refractivity contribution is -0.175. The van der Waals surface area contributed by atoms with Crippen LogP contribution in [0.1, 0.15) is 79.1 Å². The number of carbonyl (C=O) groups excluding carboxylic acids is 2. The molecule has 3 unspecified atom stereocenters. The van der Waals surface area contributed by atoms with Gasteiger partial charge < -0.3 is 5.11 Å². The average molecular weight is 361 g/mol. The monoisotopic (exact) mass is 360 g/mol. The summed E-state index contributed by atoms with van der Waals surface area (Å²) < 4.78 is 0. The van der Waals surface area contributed by atoms with Crippen LogP contribution < -0.4 is 0 Å². The molecule has 0 spiro atoms. The number of fused-ring (bicyclic) bond motifs is 5. The predicted molar refractivity (Wildman–Crippen MR) is 101 cm³/mol. The molecule has 0 amide bonds. The van der Waals surface area contributed by atoms with Crippen LogP contribution in [0.2, 0.25) is 0 Å². The number of ketones is 2. The highest BCUT2D eigenvalue weighted by Crippen LogP contribution is 2.70. The number of aliphatic hydroxyl groups is 1. The fraction of sp³-hybridized carbons (Fsp3) is 0.913. The SMILES string of the molecule is C[C@H](CO)[C@H]1CCC2C3C(=O)C[C@]4(C)CC(=O)CC[C@]4(C)C3CC[C@@]21C. The molecular formula is C23H36O3. The van der Waals surface area contributed by atoms with Gasteiger partial charge in [0.05, 0.1) is 0 Å². The molecule has 0 aromatic carbocycles. The summed E-state index contributed by atoms with van der Waals surface area (Å²) in [4.78, 5) is 25.6. The van der Waals surface area contributed by atoms with E-state index in [1.54, 1.807) is 0 Å². The van der Waals surface area contributed by atoms with Gasteiger partial charge in [0.25, 0.3) is 0 Å². The quantitative estimate of drug-likeness (QED) is 0.793. The first-order valence-electron chi connectivity index (χ1n) is 10.8. The molecule has 4 aliphatic rings. The van der Waals surface area contributed by atoms with Crippen LogP contribution in [0.3, 0.4) is 0 Å². The summed E-state index contributed by atoms with van der Waals surface area (Å²) in [6.45, 7) is 9.46. The van der Waals surface area contributed by atoms with E-state index in [9.17, 15) is 14.7 Å². The van der Waals surface area contributed by atoms with Crippen molar-refractivity contribution in [1.82, 2.24) is 0 Å². The fourth-order valence-electron chi connectivity index (χ4n) is 8.23. The second kappa shape index (κ2) is 5.90. The summed E-state index contributed by atoms with van der Waals surface area (Å²) in [7, 11) is 0. The maximum atomic E-state index is 13.4. The molecule has 4 fully saturated rings. The normalized spacial score (nSPS) is 52.2. The van der Waals surface area contributed by atoms with Gasteiger partial charge in [-0.15, -0.1) is 0 Å². The fourth-order valence-corrected chi connectivity index (χ4v) is 8.23. The highest BCUT2D eigenvalue weighted by molar-refractivity contribution is 5.87. The molecule has 146 valence electrons. The Kier molecular flexibility index (Phi) is 4.23. The molecule has 3 heteroatoms. The second-order valence-corrected chi connectivity index (χ2v) is 11.0. The third-order valence-electron chi connectivity index (χ3n) is 9.96. The van der Waals surface area contributed by atoms with Gasteiger partial charge in [0, 0.05) is 31.8 Å². The number of aliphatic hydroxyl groups excluding tert-OH is 1. The van der Waals surface area contributed by atoms with Gasteiger partial charge in [-0.25, -0.2) is 0 Å². The highest BCUT2D eigenvalue weighted by Gasteiger charge is 2.66. The third-order valence-corrected chi connectivity index (χ3v) is 9.96. The Labute approximate surface area is 158 Å². The molecule has 0 aromatic rings. The van der Waals surface area contributed by atoms with Crippen LogP contribution in [-0.2, 0) is 9.59 Å². The summed E-state index contributed by atoms with van der Waals surface area (Å²) in [5.74, 6) is 2.78. The summed E-state index contributed by atoms with van der Waals surface area (Å²) in [5, 5.41) is 9.74. The van der Waals surface area contributed by atoms with E-state index in [4.69, 9.17) is 0 Å². The van der Waals surface area contributed by atoms with E-state index in [2.05, 4.69) is 27.7 Å². The molecule has 26 heavy (non-hydrogen) atoms. The first-order valence-corrected chi connectivity index (χ1v) is 10.8. The highest BCUT2D eigenvalue weighted by atomic mass is 16.3. The van der Waals surface area contributed by atoms with Crippen LogP contribution in [0.25, 0.3) is 0 Å². The number of carbonyl (C=O) groups is 2. The molecule has 0 saturated heterocycles. The van der Waals surface area contributed by atoms with Gasteiger partial charge in [-0.1, -0.05) is 27.7 Å². The van der Waals surface area contributed by atoms with Gasteiger partial charge in [-0.05, 0) is 72.0 Å². The Morgan fingerprint density at radius 1 is 1.04 bits per heavy atom. The van der Waals surface area contributed by atoms with Gasteiger partial charge in [0.15, 0.2) is 0 Å². The van der Waals surface area contributed by atoms with Crippen molar-refractivity contribution in [2.45, 2.75) is 79.1 Å². The molecule has 3 nitrogen and oxygen atoms in total. The van der Waals surface area contributed by atoms with Gasteiger partial charge in [0.1, 0.15) is 11.6 Å². The molecule has 0 aromatic heterocycles. The molecule has 0 heterocycles. The summed E-state index contributed by atoms with van der Waals surface area (Å²) in [6, 6.07) is 0. The second-order valence-electron chi connectivity index (χ2n) is 11.0. The molecule has 8 atom stereocenters. The standard InChI is InChI=1S/C23H36O3/c1-14(13-24)16-5-6-17-20-18(8-9-22(16,17)3)23(4)10-7-15(25)11-21(23,2)12-19(20)26/h14,16-18,20,24H,5-13H2,1-4H3/t14-,16-,17?,18?,20?,21+,22-,23-/m1/s1. The van der Waals surface area contributed by atoms with E-state index < -0.39 is 0 Å². The minimum Gasteiger partial charge on any atom is -0.396 e.